The lowest BCUT2D eigenvalue weighted by molar-refractivity contribution is -0.120. The SMILES string of the molecule is O=C(CC1CCCO1)C(Cl)c1ccc(F)cc1. The van der Waals surface area contributed by atoms with Gasteiger partial charge in [0, 0.05) is 13.0 Å². The van der Waals surface area contributed by atoms with Crippen molar-refractivity contribution in [3.8, 4) is 0 Å². The highest BCUT2D eigenvalue weighted by atomic mass is 35.5. The van der Waals surface area contributed by atoms with Crippen LogP contribution in [-0.4, -0.2) is 18.5 Å². The molecule has 0 amide bonds. The summed E-state index contributed by atoms with van der Waals surface area (Å²) in [4.78, 5) is 11.9. The van der Waals surface area contributed by atoms with Crippen LogP contribution < -0.4 is 0 Å². The maximum Gasteiger partial charge on any atom is 0.157 e. The molecule has 1 heterocycles. The third-order valence-electron chi connectivity index (χ3n) is 2.90. The lowest BCUT2D eigenvalue weighted by Crippen LogP contribution is -2.16. The molecule has 4 heteroatoms. The predicted octanol–water partition coefficient (Wildman–Crippen LogP) is 3.24. The van der Waals surface area contributed by atoms with Crippen LogP contribution in [0.15, 0.2) is 24.3 Å². The summed E-state index contributed by atoms with van der Waals surface area (Å²) in [5.41, 5.74) is 0.635. The van der Waals surface area contributed by atoms with Gasteiger partial charge in [0.25, 0.3) is 0 Å². The third kappa shape index (κ3) is 3.27. The number of ether oxygens (including phenoxy) is 1. The summed E-state index contributed by atoms with van der Waals surface area (Å²) in [5, 5.41) is -0.709. The molecule has 2 atom stereocenters. The topological polar surface area (TPSA) is 26.3 Å². The Kier molecular flexibility index (Phi) is 4.13. The maximum atomic E-state index is 12.7. The molecule has 0 radical (unpaired) electrons. The van der Waals surface area contributed by atoms with Crippen LogP contribution in [0.1, 0.15) is 30.2 Å². The van der Waals surface area contributed by atoms with Crippen LogP contribution in [0.4, 0.5) is 4.39 Å². The summed E-state index contributed by atoms with van der Waals surface area (Å²) in [5.74, 6) is -0.394. The van der Waals surface area contributed by atoms with E-state index in [0.717, 1.165) is 19.4 Å². The molecule has 0 aliphatic carbocycles. The summed E-state index contributed by atoms with van der Waals surface area (Å²) in [7, 11) is 0. The largest absolute Gasteiger partial charge is 0.378 e. The Balaban J connectivity index is 1.96. The van der Waals surface area contributed by atoms with Crippen molar-refractivity contribution in [2.75, 3.05) is 6.61 Å². The van der Waals surface area contributed by atoms with Crippen molar-refractivity contribution in [1.82, 2.24) is 0 Å². The van der Waals surface area contributed by atoms with Crippen LogP contribution in [0, 0.1) is 5.82 Å². The molecule has 1 aliphatic rings. The van der Waals surface area contributed by atoms with Crippen molar-refractivity contribution in [2.45, 2.75) is 30.7 Å². The molecular formula is C13H14ClFO2. The second-order valence-corrected chi connectivity index (χ2v) is 4.66. The highest BCUT2D eigenvalue weighted by Crippen LogP contribution is 2.26. The van der Waals surface area contributed by atoms with E-state index in [0.29, 0.717) is 12.0 Å². The molecule has 17 heavy (non-hydrogen) atoms. The number of ketones is 1. The van der Waals surface area contributed by atoms with Gasteiger partial charge in [-0.25, -0.2) is 4.39 Å². The second kappa shape index (κ2) is 5.61. The van der Waals surface area contributed by atoms with Crippen molar-refractivity contribution in [3.05, 3.63) is 35.6 Å². The molecule has 1 aromatic carbocycles. The van der Waals surface area contributed by atoms with E-state index in [-0.39, 0.29) is 17.7 Å². The predicted molar refractivity (Wildman–Crippen MR) is 63.6 cm³/mol. The zero-order valence-corrected chi connectivity index (χ0v) is 10.1. The van der Waals surface area contributed by atoms with Crippen molar-refractivity contribution >= 4 is 17.4 Å². The summed E-state index contributed by atoms with van der Waals surface area (Å²) in [6.07, 6.45) is 2.26. The minimum atomic E-state index is -0.709. The fourth-order valence-corrected chi connectivity index (χ4v) is 2.19. The van der Waals surface area contributed by atoms with E-state index >= 15 is 0 Å². The number of Topliss-reactive ketones (excluding diaryl/α,β-unsaturated/α-hetero) is 1. The molecule has 2 nitrogen and oxygen atoms in total. The first-order valence-electron chi connectivity index (χ1n) is 5.70. The minimum Gasteiger partial charge on any atom is -0.378 e. The highest BCUT2D eigenvalue weighted by molar-refractivity contribution is 6.31. The number of carbonyl (C=O) groups excluding carboxylic acids is 1. The Morgan fingerprint density at radius 2 is 2.18 bits per heavy atom. The Morgan fingerprint density at radius 1 is 1.47 bits per heavy atom. The molecule has 1 saturated heterocycles. The van der Waals surface area contributed by atoms with Crippen molar-refractivity contribution < 1.29 is 13.9 Å². The van der Waals surface area contributed by atoms with Gasteiger partial charge in [-0.2, -0.15) is 0 Å². The molecule has 0 aromatic heterocycles. The van der Waals surface area contributed by atoms with E-state index < -0.39 is 5.38 Å². The van der Waals surface area contributed by atoms with Gasteiger partial charge in [0.1, 0.15) is 11.2 Å². The number of hydrogen-bond donors (Lipinski definition) is 0. The molecule has 0 saturated carbocycles. The van der Waals surface area contributed by atoms with Gasteiger partial charge in [0.2, 0.25) is 0 Å². The van der Waals surface area contributed by atoms with Crippen LogP contribution in [0.5, 0.6) is 0 Å². The fraction of sp³-hybridized carbons (Fsp3) is 0.462. The molecule has 1 aliphatic heterocycles. The van der Waals surface area contributed by atoms with Gasteiger partial charge in [-0.15, -0.1) is 11.6 Å². The van der Waals surface area contributed by atoms with Crippen LogP contribution in [0.2, 0.25) is 0 Å². The van der Waals surface area contributed by atoms with E-state index in [4.69, 9.17) is 16.3 Å². The quantitative estimate of drug-likeness (QED) is 0.773. The van der Waals surface area contributed by atoms with Gasteiger partial charge < -0.3 is 4.74 Å². The number of benzene rings is 1. The molecule has 2 rings (SSSR count). The summed E-state index contributed by atoms with van der Waals surface area (Å²) in [6, 6.07) is 5.70. The monoisotopic (exact) mass is 256 g/mol. The molecule has 92 valence electrons. The van der Waals surface area contributed by atoms with E-state index in [9.17, 15) is 9.18 Å². The van der Waals surface area contributed by atoms with Gasteiger partial charge in [0.05, 0.1) is 6.10 Å². The molecule has 1 aromatic rings. The Hall–Kier alpha value is -0.930. The Morgan fingerprint density at radius 3 is 2.76 bits per heavy atom. The molecule has 1 fully saturated rings. The van der Waals surface area contributed by atoms with Gasteiger partial charge in [-0.1, -0.05) is 12.1 Å². The van der Waals surface area contributed by atoms with Crippen LogP contribution in [0.25, 0.3) is 0 Å². The third-order valence-corrected chi connectivity index (χ3v) is 3.39. The van der Waals surface area contributed by atoms with Crippen LogP contribution >= 0.6 is 11.6 Å². The standard InChI is InChI=1S/C13H14ClFO2/c14-13(9-3-5-10(15)6-4-9)12(16)8-11-2-1-7-17-11/h3-6,11,13H,1-2,7-8H2. The summed E-state index contributed by atoms with van der Waals surface area (Å²) >= 11 is 6.06. The summed E-state index contributed by atoms with van der Waals surface area (Å²) < 4.78 is 18.1. The first-order chi connectivity index (χ1) is 8.16. The zero-order chi connectivity index (χ0) is 12.3. The number of halogens is 2. The van der Waals surface area contributed by atoms with Crippen LogP contribution in [0.3, 0.4) is 0 Å². The fourth-order valence-electron chi connectivity index (χ4n) is 1.95. The van der Waals surface area contributed by atoms with Crippen LogP contribution in [-0.2, 0) is 9.53 Å². The number of hydrogen-bond acceptors (Lipinski definition) is 2. The molecule has 0 bridgehead atoms. The smallest absolute Gasteiger partial charge is 0.157 e. The first kappa shape index (κ1) is 12.5. The van der Waals surface area contributed by atoms with E-state index in [1.54, 1.807) is 12.1 Å². The Labute approximate surface area is 105 Å². The van der Waals surface area contributed by atoms with Crippen molar-refractivity contribution in [3.63, 3.8) is 0 Å². The van der Waals surface area contributed by atoms with E-state index in [1.807, 2.05) is 0 Å². The normalized spacial score (nSPS) is 21.4. The summed E-state index contributed by atoms with van der Waals surface area (Å²) in [6.45, 7) is 0.724. The molecule has 0 spiro atoms. The minimum absolute atomic E-state index is 0.00389. The lowest BCUT2D eigenvalue weighted by atomic mass is 10.0. The Bertz CT molecular complexity index is 385. The second-order valence-electron chi connectivity index (χ2n) is 4.22. The van der Waals surface area contributed by atoms with E-state index in [1.165, 1.54) is 12.1 Å². The van der Waals surface area contributed by atoms with Gasteiger partial charge in [-0.3, -0.25) is 4.79 Å². The average molecular weight is 257 g/mol. The molecule has 2 unspecified atom stereocenters. The number of carbonyl (C=O) groups is 1. The molecular weight excluding hydrogens is 243 g/mol. The lowest BCUT2D eigenvalue weighted by Gasteiger charge is -2.12. The van der Waals surface area contributed by atoms with Gasteiger partial charge in [0.15, 0.2) is 5.78 Å². The van der Waals surface area contributed by atoms with E-state index in [2.05, 4.69) is 0 Å². The zero-order valence-electron chi connectivity index (χ0n) is 9.36. The number of alkyl halides is 1. The van der Waals surface area contributed by atoms with Crippen molar-refractivity contribution in [1.29, 1.82) is 0 Å². The number of rotatable bonds is 4. The average Bonchev–Trinajstić information content (AvgIpc) is 2.82. The highest BCUT2D eigenvalue weighted by Gasteiger charge is 2.24. The van der Waals surface area contributed by atoms with Gasteiger partial charge >= 0.3 is 0 Å². The van der Waals surface area contributed by atoms with Crippen molar-refractivity contribution in [2.24, 2.45) is 0 Å². The first-order valence-corrected chi connectivity index (χ1v) is 6.14. The molecule has 0 N–H and O–H groups in total. The maximum absolute atomic E-state index is 12.7. The van der Waals surface area contributed by atoms with Gasteiger partial charge in [-0.05, 0) is 30.5 Å².